The highest BCUT2D eigenvalue weighted by Gasteiger charge is 2.05. The first kappa shape index (κ1) is 13.6. The summed E-state index contributed by atoms with van der Waals surface area (Å²) >= 11 is 5.82. The average Bonchev–Trinajstić information content (AvgIpc) is 2.07. The molecule has 4 heteroatoms. The van der Waals surface area contributed by atoms with Crippen molar-refractivity contribution in [3.05, 3.63) is 28.8 Å². The Bertz CT molecular complexity index is 289. The first-order valence-corrected chi connectivity index (χ1v) is 4.59. The molecule has 0 aromatic heterocycles. The van der Waals surface area contributed by atoms with Crippen molar-refractivity contribution >= 4 is 24.0 Å². The third kappa shape index (κ3) is 3.74. The first-order valence-electron chi connectivity index (χ1n) is 4.21. The summed E-state index contributed by atoms with van der Waals surface area (Å²) in [7, 11) is 1.64. The van der Waals surface area contributed by atoms with E-state index in [1.807, 2.05) is 19.1 Å². The second kappa shape index (κ2) is 6.12. The van der Waals surface area contributed by atoms with Gasteiger partial charge in [0.25, 0.3) is 0 Å². The van der Waals surface area contributed by atoms with Crippen LogP contribution in [0.4, 0.5) is 0 Å². The molecule has 0 fully saturated rings. The van der Waals surface area contributed by atoms with E-state index in [1.54, 1.807) is 13.2 Å². The number of hydrogen-bond acceptors (Lipinski definition) is 2. The predicted octanol–water partition coefficient (Wildman–Crippen LogP) is 2.66. The number of methoxy groups -OCH3 is 1. The number of ether oxygens (including phenoxy) is 1. The normalized spacial score (nSPS) is 11.7. The second-order valence-corrected chi connectivity index (χ2v) is 3.57. The van der Waals surface area contributed by atoms with Gasteiger partial charge in [-0.15, -0.1) is 12.4 Å². The second-order valence-electron chi connectivity index (χ2n) is 3.14. The summed E-state index contributed by atoms with van der Waals surface area (Å²) in [6.45, 7) is 1.97. The van der Waals surface area contributed by atoms with Gasteiger partial charge in [0.1, 0.15) is 5.75 Å². The average molecular weight is 236 g/mol. The summed E-state index contributed by atoms with van der Waals surface area (Å²) in [5.74, 6) is 0.810. The topological polar surface area (TPSA) is 35.2 Å². The van der Waals surface area contributed by atoms with Crippen molar-refractivity contribution in [3.63, 3.8) is 0 Å². The molecule has 0 amide bonds. The standard InChI is InChI=1S/C10H14ClNO.ClH/c1-7(12)5-8-3-4-9(11)6-10(8)13-2;/h3-4,6-7H,5,12H2,1-2H3;1H. The molecule has 0 heterocycles. The number of hydrogen-bond donors (Lipinski definition) is 1. The van der Waals surface area contributed by atoms with Crippen LogP contribution in [0.2, 0.25) is 5.02 Å². The minimum atomic E-state index is 0. The Labute approximate surface area is 95.8 Å². The molecular formula is C10H15Cl2NO. The lowest BCUT2D eigenvalue weighted by Gasteiger charge is -2.10. The molecule has 1 unspecified atom stereocenters. The molecule has 2 nitrogen and oxygen atoms in total. The predicted molar refractivity (Wildman–Crippen MR) is 62.6 cm³/mol. The van der Waals surface area contributed by atoms with Crippen LogP contribution >= 0.6 is 24.0 Å². The van der Waals surface area contributed by atoms with Crippen molar-refractivity contribution in [2.24, 2.45) is 5.73 Å². The molecule has 1 aromatic carbocycles. The fourth-order valence-electron chi connectivity index (χ4n) is 1.23. The van der Waals surface area contributed by atoms with Crippen molar-refractivity contribution in [1.82, 2.24) is 0 Å². The van der Waals surface area contributed by atoms with Gasteiger partial charge in [-0.2, -0.15) is 0 Å². The van der Waals surface area contributed by atoms with Crippen LogP contribution < -0.4 is 10.5 Å². The van der Waals surface area contributed by atoms with Crippen LogP contribution in [-0.4, -0.2) is 13.2 Å². The lowest BCUT2D eigenvalue weighted by molar-refractivity contribution is 0.408. The Morgan fingerprint density at radius 1 is 1.50 bits per heavy atom. The van der Waals surface area contributed by atoms with E-state index in [-0.39, 0.29) is 18.4 Å². The monoisotopic (exact) mass is 235 g/mol. The summed E-state index contributed by atoms with van der Waals surface area (Å²) in [4.78, 5) is 0. The third-order valence-corrected chi connectivity index (χ3v) is 2.03. The molecule has 80 valence electrons. The van der Waals surface area contributed by atoms with Crippen molar-refractivity contribution in [2.75, 3.05) is 7.11 Å². The van der Waals surface area contributed by atoms with Gasteiger partial charge < -0.3 is 10.5 Å². The Morgan fingerprint density at radius 2 is 2.14 bits per heavy atom. The fourth-order valence-corrected chi connectivity index (χ4v) is 1.40. The molecule has 1 atom stereocenters. The van der Waals surface area contributed by atoms with E-state index in [1.165, 1.54) is 0 Å². The molecule has 0 aliphatic rings. The fraction of sp³-hybridized carbons (Fsp3) is 0.400. The minimum absolute atomic E-state index is 0. The summed E-state index contributed by atoms with van der Waals surface area (Å²) in [6, 6.07) is 5.74. The summed E-state index contributed by atoms with van der Waals surface area (Å²) in [6.07, 6.45) is 0.806. The zero-order valence-electron chi connectivity index (χ0n) is 8.29. The van der Waals surface area contributed by atoms with Gasteiger partial charge in [-0.05, 0) is 31.0 Å². The third-order valence-electron chi connectivity index (χ3n) is 1.79. The van der Waals surface area contributed by atoms with E-state index in [0.717, 1.165) is 17.7 Å². The molecule has 0 saturated heterocycles. The lowest BCUT2D eigenvalue weighted by atomic mass is 10.1. The highest BCUT2D eigenvalue weighted by atomic mass is 35.5. The molecule has 2 N–H and O–H groups in total. The van der Waals surface area contributed by atoms with E-state index >= 15 is 0 Å². The van der Waals surface area contributed by atoms with E-state index in [4.69, 9.17) is 22.1 Å². The highest BCUT2D eigenvalue weighted by molar-refractivity contribution is 6.30. The Kier molecular flexibility index (Phi) is 5.93. The zero-order chi connectivity index (χ0) is 9.84. The molecular weight excluding hydrogens is 221 g/mol. The molecule has 0 radical (unpaired) electrons. The molecule has 0 spiro atoms. The van der Waals surface area contributed by atoms with Crippen LogP contribution in [0.3, 0.4) is 0 Å². The zero-order valence-corrected chi connectivity index (χ0v) is 9.86. The van der Waals surface area contributed by atoms with Gasteiger partial charge in [0.05, 0.1) is 7.11 Å². The van der Waals surface area contributed by atoms with Crippen molar-refractivity contribution in [3.8, 4) is 5.75 Å². The summed E-state index contributed by atoms with van der Waals surface area (Å²) in [5, 5.41) is 0.685. The first-order chi connectivity index (χ1) is 6.13. The van der Waals surface area contributed by atoms with Crippen LogP contribution in [0.15, 0.2) is 18.2 Å². The van der Waals surface area contributed by atoms with Crippen LogP contribution in [-0.2, 0) is 6.42 Å². The Hall–Kier alpha value is -0.440. The molecule has 1 aromatic rings. The highest BCUT2D eigenvalue weighted by Crippen LogP contribution is 2.23. The van der Waals surface area contributed by atoms with Crippen molar-refractivity contribution in [1.29, 1.82) is 0 Å². The molecule has 0 bridgehead atoms. The van der Waals surface area contributed by atoms with Crippen molar-refractivity contribution in [2.45, 2.75) is 19.4 Å². The van der Waals surface area contributed by atoms with Gasteiger partial charge in [-0.1, -0.05) is 17.7 Å². The molecule has 14 heavy (non-hydrogen) atoms. The van der Waals surface area contributed by atoms with E-state index in [2.05, 4.69) is 0 Å². The number of nitrogens with two attached hydrogens (primary N) is 1. The summed E-state index contributed by atoms with van der Waals surface area (Å²) < 4.78 is 5.19. The summed E-state index contributed by atoms with van der Waals surface area (Å²) in [5.41, 5.74) is 6.80. The number of rotatable bonds is 3. The smallest absolute Gasteiger partial charge is 0.123 e. The van der Waals surface area contributed by atoms with Gasteiger partial charge in [-0.3, -0.25) is 0 Å². The van der Waals surface area contributed by atoms with Crippen LogP contribution in [0.25, 0.3) is 0 Å². The number of halogens is 2. The minimum Gasteiger partial charge on any atom is -0.496 e. The van der Waals surface area contributed by atoms with Gasteiger partial charge in [-0.25, -0.2) is 0 Å². The SMILES string of the molecule is COc1cc(Cl)ccc1CC(C)N.Cl. The van der Waals surface area contributed by atoms with E-state index in [9.17, 15) is 0 Å². The van der Waals surface area contributed by atoms with Crippen LogP contribution in [0.5, 0.6) is 5.75 Å². The maximum Gasteiger partial charge on any atom is 0.123 e. The molecule has 0 aliphatic carbocycles. The maximum absolute atomic E-state index is 5.82. The maximum atomic E-state index is 5.82. The van der Waals surface area contributed by atoms with Crippen LogP contribution in [0, 0.1) is 0 Å². The Morgan fingerprint density at radius 3 is 2.64 bits per heavy atom. The lowest BCUT2D eigenvalue weighted by Crippen LogP contribution is -2.18. The molecule has 0 saturated carbocycles. The van der Waals surface area contributed by atoms with Crippen LogP contribution in [0.1, 0.15) is 12.5 Å². The van der Waals surface area contributed by atoms with E-state index < -0.39 is 0 Å². The van der Waals surface area contributed by atoms with Gasteiger partial charge in [0, 0.05) is 11.1 Å². The quantitative estimate of drug-likeness (QED) is 0.875. The van der Waals surface area contributed by atoms with Crippen molar-refractivity contribution < 1.29 is 4.74 Å². The molecule has 1 rings (SSSR count). The number of benzene rings is 1. The van der Waals surface area contributed by atoms with Gasteiger partial charge in [0.2, 0.25) is 0 Å². The van der Waals surface area contributed by atoms with Gasteiger partial charge >= 0.3 is 0 Å². The largest absolute Gasteiger partial charge is 0.496 e. The Balaban J connectivity index is 0.00000169. The van der Waals surface area contributed by atoms with E-state index in [0.29, 0.717) is 5.02 Å². The van der Waals surface area contributed by atoms with Gasteiger partial charge in [0.15, 0.2) is 0 Å². The molecule has 0 aliphatic heterocycles.